The normalized spacial score (nSPS) is 26.3. The summed E-state index contributed by atoms with van der Waals surface area (Å²) < 4.78 is 1.72. The number of hydrogen-bond acceptors (Lipinski definition) is 5. The van der Waals surface area contributed by atoms with Crippen LogP contribution >= 0.6 is 0 Å². The second-order valence-corrected chi connectivity index (χ2v) is 6.23. The molecular weight excluding hydrogens is 268 g/mol. The Morgan fingerprint density at radius 3 is 2.90 bits per heavy atom. The van der Waals surface area contributed by atoms with Crippen LogP contribution in [0.4, 0.5) is 0 Å². The minimum Gasteiger partial charge on any atom is -0.301 e. The molecule has 1 aliphatic carbocycles. The predicted molar refractivity (Wildman–Crippen MR) is 78.2 cm³/mol. The van der Waals surface area contributed by atoms with Crippen molar-refractivity contribution >= 4 is 5.91 Å². The van der Waals surface area contributed by atoms with Gasteiger partial charge < -0.3 is 4.90 Å². The first kappa shape index (κ1) is 14.5. The molecule has 2 heterocycles. The van der Waals surface area contributed by atoms with E-state index < -0.39 is 5.91 Å². The van der Waals surface area contributed by atoms with Gasteiger partial charge in [-0.25, -0.2) is 5.84 Å². The van der Waals surface area contributed by atoms with E-state index in [0.29, 0.717) is 0 Å². The highest BCUT2D eigenvalue weighted by atomic mass is 16.2. The first-order chi connectivity index (χ1) is 10.3. The van der Waals surface area contributed by atoms with Crippen molar-refractivity contribution in [1.29, 1.82) is 0 Å². The molecule has 1 aromatic rings. The van der Waals surface area contributed by atoms with Crippen LogP contribution in [0.2, 0.25) is 0 Å². The summed E-state index contributed by atoms with van der Waals surface area (Å²) in [6.07, 6.45) is 8.63. The van der Waals surface area contributed by atoms with Crippen LogP contribution in [0.3, 0.4) is 0 Å². The van der Waals surface area contributed by atoms with Gasteiger partial charge in [0.15, 0.2) is 5.69 Å². The zero-order chi connectivity index (χ0) is 14.7. The number of fused-ring (bicyclic) bond motifs is 1. The Labute approximate surface area is 124 Å². The molecule has 0 spiro atoms. The van der Waals surface area contributed by atoms with Gasteiger partial charge in [0.25, 0.3) is 5.91 Å². The van der Waals surface area contributed by atoms with Crippen LogP contribution in [0.15, 0.2) is 6.20 Å². The minimum absolute atomic E-state index is 0.267. The minimum atomic E-state index is -0.399. The van der Waals surface area contributed by atoms with Crippen molar-refractivity contribution in [2.75, 3.05) is 19.6 Å². The number of aromatic nitrogens is 3. The highest BCUT2D eigenvalue weighted by Gasteiger charge is 2.30. The maximum absolute atomic E-state index is 11.3. The molecule has 3 N–H and O–H groups in total. The van der Waals surface area contributed by atoms with Crippen LogP contribution in [0.25, 0.3) is 0 Å². The molecule has 1 aliphatic heterocycles. The third-order valence-corrected chi connectivity index (χ3v) is 4.92. The zero-order valence-corrected chi connectivity index (χ0v) is 12.4. The number of nitrogens with zero attached hydrogens (tertiary/aromatic N) is 4. The van der Waals surface area contributed by atoms with Gasteiger partial charge in [-0.2, -0.15) is 0 Å². The number of nitrogen functional groups attached to an aromatic ring is 1. The molecule has 2 aliphatic rings. The van der Waals surface area contributed by atoms with E-state index in [1.54, 1.807) is 10.9 Å². The van der Waals surface area contributed by atoms with Gasteiger partial charge in [-0.3, -0.25) is 14.9 Å². The Morgan fingerprint density at radius 1 is 1.29 bits per heavy atom. The van der Waals surface area contributed by atoms with Crippen LogP contribution in [0.1, 0.15) is 42.6 Å². The van der Waals surface area contributed by atoms with Gasteiger partial charge in [-0.15, -0.1) is 5.10 Å². The molecular formula is C14H24N6O. The maximum atomic E-state index is 11.3. The summed E-state index contributed by atoms with van der Waals surface area (Å²) in [7, 11) is 0. The van der Waals surface area contributed by atoms with Crippen molar-refractivity contribution in [2.45, 2.75) is 38.6 Å². The number of nitrogens with two attached hydrogens (primary N) is 1. The van der Waals surface area contributed by atoms with Crippen molar-refractivity contribution in [2.24, 2.45) is 17.7 Å². The van der Waals surface area contributed by atoms with Gasteiger partial charge >= 0.3 is 0 Å². The largest absolute Gasteiger partial charge is 0.301 e. The predicted octanol–water partition coefficient (Wildman–Crippen LogP) is 0.394. The number of carbonyl (C=O) groups is 1. The lowest BCUT2D eigenvalue weighted by Gasteiger charge is -2.41. The quantitative estimate of drug-likeness (QED) is 0.476. The van der Waals surface area contributed by atoms with E-state index in [9.17, 15) is 4.79 Å². The summed E-state index contributed by atoms with van der Waals surface area (Å²) in [4.78, 5) is 13.9. The highest BCUT2D eigenvalue weighted by Crippen LogP contribution is 2.35. The third-order valence-electron chi connectivity index (χ3n) is 4.92. The summed E-state index contributed by atoms with van der Waals surface area (Å²) in [6.45, 7) is 4.14. The Hall–Kier alpha value is -1.47. The molecule has 1 saturated carbocycles. The number of hydrogen-bond donors (Lipinski definition) is 2. The smallest absolute Gasteiger partial charge is 0.287 e. The fraction of sp³-hybridized carbons (Fsp3) is 0.786. The van der Waals surface area contributed by atoms with Crippen molar-refractivity contribution in [1.82, 2.24) is 25.3 Å². The second kappa shape index (κ2) is 6.53. The lowest BCUT2D eigenvalue weighted by atomic mass is 9.75. The standard InChI is InChI=1S/C14H24N6O/c15-16-14(21)13-10-20(18-17-13)8-7-19-6-5-11-3-1-2-4-12(11)9-19/h10-12H,1-9,15H2,(H,16,21). The molecule has 1 saturated heterocycles. The number of amides is 1. The second-order valence-electron chi connectivity index (χ2n) is 6.23. The third kappa shape index (κ3) is 3.41. The summed E-state index contributed by atoms with van der Waals surface area (Å²) in [6, 6.07) is 0. The molecule has 1 amide bonds. The van der Waals surface area contributed by atoms with E-state index in [-0.39, 0.29) is 5.69 Å². The first-order valence-electron chi connectivity index (χ1n) is 7.89. The van der Waals surface area contributed by atoms with E-state index in [0.717, 1.165) is 24.9 Å². The van der Waals surface area contributed by atoms with Gasteiger partial charge in [-0.05, 0) is 31.2 Å². The van der Waals surface area contributed by atoms with Gasteiger partial charge in [-0.1, -0.05) is 24.5 Å². The summed E-state index contributed by atoms with van der Waals surface area (Å²) >= 11 is 0. The van der Waals surface area contributed by atoms with Crippen molar-refractivity contribution in [3.05, 3.63) is 11.9 Å². The number of nitrogens with one attached hydrogen (secondary N) is 1. The number of likely N-dealkylation sites (tertiary alicyclic amines) is 1. The van der Waals surface area contributed by atoms with Crippen LogP contribution < -0.4 is 11.3 Å². The van der Waals surface area contributed by atoms with Crippen LogP contribution in [-0.4, -0.2) is 45.4 Å². The molecule has 7 heteroatoms. The SMILES string of the molecule is NNC(=O)c1cn(CCN2CCC3CCCCC3C2)nn1. The van der Waals surface area contributed by atoms with Gasteiger partial charge in [0, 0.05) is 13.1 Å². The van der Waals surface area contributed by atoms with Gasteiger partial charge in [0.2, 0.25) is 0 Å². The summed E-state index contributed by atoms with van der Waals surface area (Å²) in [5.74, 6) is 6.53. The van der Waals surface area contributed by atoms with E-state index in [1.807, 2.05) is 0 Å². The van der Waals surface area contributed by atoms with Gasteiger partial charge in [0.1, 0.15) is 0 Å². The van der Waals surface area contributed by atoms with Crippen LogP contribution in [0, 0.1) is 11.8 Å². The molecule has 3 rings (SSSR count). The molecule has 2 fully saturated rings. The maximum Gasteiger partial charge on any atom is 0.287 e. The van der Waals surface area contributed by atoms with Gasteiger partial charge in [0.05, 0.1) is 12.7 Å². The first-order valence-corrected chi connectivity index (χ1v) is 7.89. The van der Waals surface area contributed by atoms with Crippen LogP contribution in [0.5, 0.6) is 0 Å². The number of carbonyl (C=O) groups excluding carboxylic acids is 1. The van der Waals surface area contributed by atoms with Crippen molar-refractivity contribution < 1.29 is 4.79 Å². The number of piperidine rings is 1. The number of hydrazine groups is 1. The summed E-state index contributed by atoms with van der Waals surface area (Å²) in [5, 5.41) is 7.79. The van der Waals surface area contributed by atoms with E-state index in [1.165, 1.54) is 45.2 Å². The Kier molecular flexibility index (Phi) is 4.50. The molecule has 2 unspecified atom stereocenters. The lowest BCUT2D eigenvalue weighted by molar-refractivity contribution is 0.0836. The fourth-order valence-electron chi connectivity index (χ4n) is 3.71. The average molecular weight is 292 g/mol. The molecule has 7 nitrogen and oxygen atoms in total. The number of rotatable bonds is 4. The monoisotopic (exact) mass is 292 g/mol. The molecule has 0 radical (unpaired) electrons. The lowest BCUT2D eigenvalue weighted by Crippen LogP contribution is -2.42. The van der Waals surface area contributed by atoms with Crippen LogP contribution in [-0.2, 0) is 6.54 Å². The van der Waals surface area contributed by atoms with E-state index >= 15 is 0 Å². The molecule has 1 aromatic heterocycles. The zero-order valence-electron chi connectivity index (χ0n) is 12.4. The Balaban J connectivity index is 1.49. The van der Waals surface area contributed by atoms with E-state index in [4.69, 9.17) is 5.84 Å². The Morgan fingerprint density at radius 2 is 2.10 bits per heavy atom. The topological polar surface area (TPSA) is 89.1 Å². The molecule has 2 atom stereocenters. The van der Waals surface area contributed by atoms with Crippen molar-refractivity contribution in [3.63, 3.8) is 0 Å². The summed E-state index contributed by atoms with van der Waals surface area (Å²) in [5.41, 5.74) is 2.33. The van der Waals surface area contributed by atoms with Crippen molar-refractivity contribution in [3.8, 4) is 0 Å². The molecule has 116 valence electrons. The molecule has 0 aromatic carbocycles. The average Bonchev–Trinajstić information content (AvgIpc) is 3.01. The fourth-order valence-corrected chi connectivity index (χ4v) is 3.71. The molecule has 0 bridgehead atoms. The van der Waals surface area contributed by atoms with E-state index in [2.05, 4.69) is 20.6 Å². The Bertz CT molecular complexity index is 488. The molecule has 21 heavy (non-hydrogen) atoms. The highest BCUT2D eigenvalue weighted by molar-refractivity contribution is 5.91.